The van der Waals surface area contributed by atoms with Crippen LogP contribution < -0.4 is 15.2 Å². The lowest BCUT2D eigenvalue weighted by Crippen LogP contribution is -2.21. The zero-order chi connectivity index (χ0) is 16.4. The van der Waals surface area contributed by atoms with Crippen molar-refractivity contribution in [3.63, 3.8) is 0 Å². The predicted octanol–water partition coefficient (Wildman–Crippen LogP) is 2.66. The van der Waals surface area contributed by atoms with E-state index in [9.17, 15) is 9.90 Å². The third-order valence-electron chi connectivity index (χ3n) is 3.55. The zero-order valence-corrected chi connectivity index (χ0v) is 12.8. The number of hydrogen-bond donors (Lipinski definition) is 1. The quantitative estimate of drug-likeness (QED) is 0.802. The fraction of sp³-hybridized carbons (Fsp3) is 0.111. The van der Waals surface area contributed by atoms with E-state index in [0.717, 1.165) is 28.0 Å². The first-order valence-corrected chi connectivity index (χ1v) is 7.11. The van der Waals surface area contributed by atoms with Crippen LogP contribution in [0.4, 0.5) is 11.4 Å². The molecule has 0 spiro atoms. The fourth-order valence-corrected chi connectivity index (χ4v) is 2.46. The molecule has 3 rings (SSSR count). The van der Waals surface area contributed by atoms with Crippen molar-refractivity contribution in [2.24, 2.45) is 0 Å². The summed E-state index contributed by atoms with van der Waals surface area (Å²) in [5.41, 5.74) is 3.45. The van der Waals surface area contributed by atoms with Crippen LogP contribution >= 0.6 is 0 Å². The van der Waals surface area contributed by atoms with E-state index < -0.39 is 5.97 Å². The molecule has 3 aromatic rings. The molecule has 0 saturated carbocycles. The molecule has 1 aromatic heterocycles. The van der Waals surface area contributed by atoms with E-state index in [-0.39, 0.29) is 5.56 Å². The Balaban J connectivity index is 2.04. The van der Waals surface area contributed by atoms with Gasteiger partial charge in [-0.2, -0.15) is 0 Å². The van der Waals surface area contributed by atoms with Gasteiger partial charge in [-0.3, -0.25) is 0 Å². The highest BCUT2D eigenvalue weighted by Crippen LogP contribution is 2.31. The molecule has 0 fully saturated rings. The number of rotatable bonds is 4. The van der Waals surface area contributed by atoms with E-state index in [1.807, 2.05) is 31.2 Å². The topological polar surface area (TPSA) is 74.3 Å². The third kappa shape index (κ3) is 2.94. The zero-order valence-electron chi connectivity index (χ0n) is 12.8. The predicted molar refractivity (Wildman–Crippen MR) is 87.1 cm³/mol. The van der Waals surface area contributed by atoms with Crippen LogP contribution in [0.15, 0.2) is 48.5 Å². The largest absolute Gasteiger partial charge is 0.545 e. The molecule has 5 nitrogen and oxygen atoms in total. The van der Waals surface area contributed by atoms with Gasteiger partial charge in [-0.05, 0) is 36.8 Å². The van der Waals surface area contributed by atoms with Crippen molar-refractivity contribution in [3.05, 3.63) is 59.8 Å². The lowest BCUT2D eigenvalue weighted by molar-refractivity contribution is -0.255. The van der Waals surface area contributed by atoms with E-state index >= 15 is 0 Å². The number of methoxy groups -OCH3 is 1. The normalized spacial score (nSPS) is 10.5. The molecular formula is C18H15N2O3-. The van der Waals surface area contributed by atoms with Crippen molar-refractivity contribution >= 4 is 28.2 Å². The molecule has 0 amide bonds. The van der Waals surface area contributed by atoms with Gasteiger partial charge in [0.15, 0.2) is 0 Å². The van der Waals surface area contributed by atoms with Gasteiger partial charge >= 0.3 is 0 Å². The van der Waals surface area contributed by atoms with Crippen LogP contribution in [0, 0.1) is 6.92 Å². The number of ether oxygens (including phenoxy) is 1. The maximum Gasteiger partial charge on any atom is 0.145 e. The molecule has 0 aliphatic rings. The maximum atomic E-state index is 10.8. The Morgan fingerprint density at radius 3 is 2.57 bits per heavy atom. The van der Waals surface area contributed by atoms with E-state index in [0.29, 0.717) is 5.75 Å². The number of carbonyl (C=O) groups excluding carboxylic acids is 1. The summed E-state index contributed by atoms with van der Waals surface area (Å²) < 4.78 is 5.37. The van der Waals surface area contributed by atoms with E-state index in [2.05, 4.69) is 10.3 Å². The summed E-state index contributed by atoms with van der Waals surface area (Å²) in [5.74, 6) is -0.479. The maximum absolute atomic E-state index is 10.8. The lowest BCUT2D eigenvalue weighted by atomic mass is 10.1. The van der Waals surface area contributed by atoms with Crippen molar-refractivity contribution in [1.29, 1.82) is 0 Å². The van der Waals surface area contributed by atoms with Gasteiger partial charge in [-0.1, -0.05) is 24.3 Å². The van der Waals surface area contributed by atoms with Crippen molar-refractivity contribution in [3.8, 4) is 5.75 Å². The molecule has 1 N–H and O–H groups in total. The van der Waals surface area contributed by atoms with Crippen LogP contribution in [0.3, 0.4) is 0 Å². The number of nitrogens with one attached hydrogen (secondary N) is 1. The number of carboxylic acid groups (broad SMARTS) is 1. The Bertz CT molecular complexity index is 873. The summed E-state index contributed by atoms with van der Waals surface area (Å²) in [6.45, 7) is 1.91. The highest BCUT2D eigenvalue weighted by Gasteiger charge is 2.08. The number of fused-ring (bicyclic) bond motifs is 1. The number of aromatic carboxylic acids is 1. The fourth-order valence-electron chi connectivity index (χ4n) is 2.46. The lowest BCUT2D eigenvalue weighted by Gasteiger charge is -2.13. The van der Waals surface area contributed by atoms with Crippen LogP contribution in [-0.2, 0) is 0 Å². The average molecular weight is 307 g/mol. The molecule has 2 aromatic carbocycles. The van der Waals surface area contributed by atoms with E-state index in [4.69, 9.17) is 4.74 Å². The molecule has 0 unspecified atom stereocenters. The summed E-state index contributed by atoms with van der Waals surface area (Å²) in [6, 6.07) is 14.1. The second-order valence-corrected chi connectivity index (χ2v) is 5.16. The summed E-state index contributed by atoms with van der Waals surface area (Å²) in [7, 11) is 1.62. The van der Waals surface area contributed by atoms with Crippen LogP contribution in [-0.4, -0.2) is 18.1 Å². The van der Waals surface area contributed by atoms with Crippen LogP contribution in [0.5, 0.6) is 5.75 Å². The van der Waals surface area contributed by atoms with Gasteiger partial charge in [-0.25, -0.2) is 4.98 Å². The van der Waals surface area contributed by atoms with E-state index in [1.165, 1.54) is 12.1 Å². The number of anilines is 2. The molecule has 5 heteroatoms. The minimum Gasteiger partial charge on any atom is -0.545 e. The molecule has 0 aliphatic carbocycles. The van der Waals surface area contributed by atoms with Crippen molar-refractivity contribution in [2.75, 3.05) is 12.4 Å². The third-order valence-corrected chi connectivity index (χ3v) is 3.55. The van der Waals surface area contributed by atoms with Crippen molar-refractivity contribution < 1.29 is 14.6 Å². The highest BCUT2D eigenvalue weighted by atomic mass is 16.5. The Morgan fingerprint density at radius 2 is 1.91 bits per heavy atom. The van der Waals surface area contributed by atoms with Gasteiger partial charge < -0.3 is 20.0 Å². The first-order chi connectivity index (χ1) is 11.1. The first kappa shape index (κ1) is 14.8. The number of carboxylic acids is 1. The number of nitrogens with zero attached hydrogens (tertiary/aromatic N) is 1. The van der Waals surface area contributed by atoms with Crippen LogP contribution in [0.25, 0.3) is 10.9 Å². The van der Waals surface area contributed by atoms with Crippen molar-refractivity contribution in [1.82, 2.24) is 4.98 Å². The van der Waals surface area contributed by atoms with Gasteiger partial charge in [-0.15, -0.1) is 0 Å². The Labute approximate surface area is 133 Å². The second-order valence-electron chi connectivity index (χ2n) is 5.16. The molecule has 1 heterocycles. The second kappa shape index (κ2) is 5.96. The molecule has 23 heavy (non-hydrogen) atoms. The van der Waals surface area contributed by atoms with Gasteiger partial charge in [0.25, 0.3) is 0 Å². The number of pyridine rings is 1. The molecular weight excluding hydrogens is 292 g/mol. The smallest absolute Gasteiger partial charge is 0.145 e. The van der Waals surface area contributed by atoms with Gasteiger partial charge in [0.05, 0.1) is 13.1 Å². The summed E-state index contributed by atoms with van der Waals surface area (Å²) in [4.78, 5) is 15.3. The number of aryl methyl sites for hydroxylation is 1. The number of para-hydroxylation sites is 1. The Kier molecular flexibility index (Phi) is 3.85. The van der Waals surface area contributed by atoms with Crippen molar-refractivity contribution in [2.45, 2.75) is 6.92 Å². The SMILES string of the molecule is COc1cccc2c(Nc3ccc(C(=O)[O-])cc3)cc(C)nc12. The molecule has 0 atom stereocenters. The van der Waals surface area contributed by atoms with Gasteiger partial charge in [0.2, 0.25) is 0 Å². The first-order valence-electron chi connectivity index (χ1n) is 7.11. The number of benzene rings is 2. The summed E-state index contributed by atoms with van der Waals surface area (Å²) in [5, 5.41) is 15.0. The molecule has 0 saturated heterocycles. The monoisotopic (exact) mass is 307 g/mol. The van der Waals surface area contributed by atoms with Crippen LogP contribution in [0.1, 0.15) is 16.1 Å². The molecule has 0 radical (unpaired) electrons. The van der Waals surface area contributed by atoms with E-state index in [1.54, 1.807) is 19.2 Å². The molecule has 0 bridgehead atoms. The van der Waals surface area contributed by atoms with Crippen LogP contribution in [0.2, 0.25) is 0 Å². The Hall–Kier alpha value is -3.08. The van der Waals surface area contributed by atoms with Gasteiger partial charge in [0, 0.05) is 22.5 Å². The minimum atomic E-state index is -1.19. The minimum absolute atomic E-state index is 0.146. The summed E-state index contributed by atoms with van der Waals surface area (Å²) >= 11 is 0. The molecule has 116 valence electrons. The Morgan fingerprint density at radius 1 is 1.17 bits per heavy atom. The number of hydrogen-bond acceptors (Lipinski definition) is 5. The molecule has 0 aliphatic heterocycles. The standard InChI is InChI=1S/C18H16N2O3/c1-11-10-15(14-4-3-5-16(23-2)17(14)19-11)20-13-8-6-12(7-9-13)18(21)22/h3-10H,1-2H3,(H,19,20)(H,21,22)/p-1. The summed E-state index contributed by atoms with van der Waals surface area (Å²) in [6.07, 6.45) is 0. The highest BCUT2D eigenvalue weighted by molar-refractivity contribution is 5.96. The average Bonchev–Trinajstić information content (AvgIpc) is 2.54. The number of carbonyl (C=O) groups is 1. The number of aromatic nitrogens is 1. The van der Waals surface area contributed by atoms with Gasteiger partial charge in [0.1, 0.15) is 11.3 Å².